The molecule has 1 rings (SSSR count). The van der Waals surface area contributed by atoms with E-state index in [2.05, 4.69) is 20.7 Å². The average molecular weight is 383 g/mol. The van der Waals surface area contributed by atoms with Gasteiger partial charge in [0.25, 0.3) is 0 Å². The van der Waals surface area contributed by atoms with E-state index in [1.54, 1.807) is 14.0 Å². The minimum absolute atomic E-state index is 0.240. The lowest BCUT2D eigenvalue weighted by Crippen LogP contribution is -2.45. The van der Waals surface area contributed by atoms with Crippen LogP contribution in [0.1, 0.15) is 24.4 Å². The van der Waals surface area contributed by atoms with E-state index in [0.717, 1.165) is 6.07 Å². The van der Waals surface area contributed by atoms with Crippen molar-refractivity contribution in [1.82, 2.24) is 9.62 Å². The van der Waals surface area contributed by atoms with Gasteiger partial charge in [-0.05, 0) is 29.8 Å². The Hall–Kier alpha value is -1.39. The van der Waals surface area contributed by atoms with Gasteiger partial charge in [0.1, 0.15) is 4.90 Å². The SMILES string of the molecule is CCN(C)C(=O)C(C)NS(=O)(=O)c1cc(C(=O)O)oc1Br. The molecule has 0 aliphatic heterocycles. The first-order valence-corrected chi connectivity index (χ1v) is 8.17. The molecule has 0 bridgehead atoms. The molecule has 1 unspecified atom stereocenters. The van der Waals surface area contributed by atoms with E-state index in [0.29, 0.717) is 6.54 Å². The lowest BCUT2D eigenvalue weighted by Gasteiger charge is -2.20. The van der Waals surface area contributed by atoms with Crippen LogP contribution in [0.15, 0.2) is 20.0 Å². The number of furan rings is 1. The molecule has 0 aromatic carbocycles. The smallest absolute Gasteiger partial charge is 0.371 e. The molecule has 0 aliphatic rings. The van der Waals surface area contributed by atoms with E-state index in [9.17, 15) is 18.0 Å². The van der Waals surface area contributed by atoms with E-state index in [1.807, 2.05) is 0 Å². The van der Waals surface area contributed by atoms with Crippen LogP contribution in [0.4, 0.5) is 0 Å². The zero-order valence-electron chi connectivity index (χ0n) is 11.6. The van der Waals surface area contributed by atoms with Crippen LogP contribution in [0.5, 0.6) is 0 Å². The molecule has 1 aromatic heterocycles. The second kappa shape index (κ2) is 6.58. The number of halogens is 1. The van der Waals surface area contributed by atoms with Crippen molar-refractivity contribution in [1.29, 1.82) is 0 Å². The van der Waals surface area contributed by atoms with Crippen LogP contribution in [-0.2, 0) is 14.8 Å². The lowest BCUT2D eigenvalue weighted by molar-refractivity contribution is -0.131. The Morgan fingerprint density at radius 2 is 2.10 bits per heavy atom. The molecular weight excluding hydrogens is 368 g/mol. The highest BCUT2D eigenvalue weighted by atomic mass is 79.9. The van der Waals surface area contributed by atoms with Gasteiger partial charge in [-0.15, -0.1) is 0 Å². The Bertz CT molecular complexity index is 654. The van der Waals surface area contributed by atoms with E-state index in [1.165, 1.54) is 11.8 Å². The number of sulfonamides is 1. The fourth-order valence-electron chi connectivity index (χ4n) is 1.47. The minimum atomic E-state index is -4.09. The van der Waals surface area contributed by atoms with Crippen molar-refractivity contribution in [2.24, 2.45) is 0 Å². The standard InChI is InChI=1S/C11H15BrN2O6S/c1-4-14(3)10(15)6(2)13-21(18,19)8-5-7(11(16)17)20-9(8)12/h5-6,13H,4H2,1-3H3,(H,16,17). The number of aromatic carboxylic acids is 1. The number of carboxylic acids is 1. The Morgan fingerprint density at radius 3 is 2.52 bits per heavy atom. The highest BCUT2D eigenvalue weighted by Crippen LogP contribution is 2.26. The molecule has 0 spiro atoms. The van der Waals surface area contributed by atoms with Gasteiger partial charge in [0.05, 0.1) is 6.04 Å². The highest BCUT2D eigenvalue weighted by molar-refractivity contribution is 9.10. The highest BCUT2D eigenvalue weighted by Gasteiger charge is 2.29. The van der Waals surface area contributed by atoms with Gasteiger partial charge in [-0.25, -0.2) is 13.2 Å². The van der Waals surface area contributed by atoms with Gasteiger partial charge < -0.3 is 14.4 Å². The molecule has 8 nitrogen and oxygen atoms in total. The Balaban J connectivity index is 3.02. The van der Waals surface area contributed by atoms with Gasteiger partial charge >= 0.3 is 5.97 Å². The van der Waals surface area contributed by atoms with Crippen LogP contribution in [0.3, 0.4) is 0 Å². The fourth-order valence-corrected chi connectivity index (χ4v) is 3.61. The Morgan fingerprint density at radius 1 is 1.52 bits per heavy atom. The summed E-state index contributed by atoms with van der Waals surface area (Å²) in [5.74, 6) is -2.32. The molecular formula is C11H15BrN2O6S. The van der Waals surface area contributed by atoms with Crippen molar-refractivity contribution in [2.45, 2.75) is 24.8 Å². The normalized spacial score (nSPS) is 13.0. The van der Waals surface area contributed by atoms with Crippen molar-refractivity contribution in [3.8, 4) is 0 Å². The summed E-state index contributed by atoms with van der Waals surface area (Å²) in [6.07, 6.45) is 0. The monoisotopic (exact) mass is 382 g/mol. The molecule has 118 valence electrons. The third kappa shape index (κ3) is 4.05. The maximum absolute atomic E-state index is 12.1. The number of hydrogen-bond donors (Lipinski definition) is 2. The van der Waals surface area contributed by atoms with Crippen LogP contribution in [0.2, 0.25) is 0 Å². The van der Waals surface area contributed by atoms with Gasteiger partial charge in [-0.1, -0.05) is 0 Å². The first-order valence-electron chi connectivity index (χ1n) is 5.90. The van der Waals surface area contributed by atoms with E-state index in [-0.39, 0.29) is 9.56 Å². The zero-order chi connectivity index (χ0) is 16.4. The number of rotatable bonds is 6. The van der Waals surface area contributed by atoms with Crippen LogP contribution < -0.4 is 4.72 Å². The number of nitrogens with zero attached hydrogens (tertiary/aromatic N) is 1. The number of carboxylic acid groups (broad SMARTS) is 1. The summed E-state index contributed by atoms with van der Waals surface area (Å²) < 4.78 is 31.0. The molecule has 1 atom stereocenters. The number of likely N-dealkylation sites (N-methyl/N-ethyl adjacent to an activating group) is 1. The Kier molecular flexibility index (Phi) is 5.54. The maximum atomic E-state index is 12.1. The number of hydrogen-bond acceptors (Lipinski definition) is 5. The van der Waals surface area contributed by atoms with Gasteiger partial charge in [0.15, 0.2) is 4.67 Å². The quantitative estimate of drug-likeness (QED) is 0.754. The fraction of sp³-hybridized carbons (Fsp3) is 0.455. The topological polar surface area (TPSA) is 117 Å². The summed E-state index contributed by atoms with van der Waals surface area (Å²) in [7, 11) is -2.55. The molecule has 1 aromatic rings. The summed E-state index contributed by atoms with van der Waals surface area (Å²) in [5.41, 5.74) is 0. The number of amides is 1. The molecule has 0 radical (unpaired) electrons. The lowest BCUT2D eigenvalue weighted by atomic mass is 10.3. The van der Waals surface area contributed by atoms with Gasteiger partial charge in [0.2, 0.25) is 21.7 Å². The summed E-state index contributed by atoms with van der Waals surface area (Å²) in [4.78, 5) is 23.6. The number of nitrogens with one attached hydrogen (secondary N) is 1. The van der Waals surface area contributed by atoms with Crippen molar-refractivity contribution < 1.29 is 27.5 Å². The third-order valence-electron chi connectivity index (χ3n) is 2.71. The summed E-state index contributed by atoms with van der Waals surface area (Å²) in [6.45, 7) is 3.59. The predicted octanol–water partition coefficient (Wildman–Crippen LogP) is 0.885. The number of carbonyl (C=O) groups is 2. The summed E-state index contributed by atoms with van der Waals surface area (Å²) in [5, 5.41) is 8.77. The zero-order valence-corrected chi connectivity index (χ0v) is 14.0. The molecule has 1 amide bonds. The molecule has 2 N–H and O–H groups in total. The number of carbonyl (C=O) groups excluding carboxylic acids is 1. The second-order valence-electron chi connectivity index (χ2n) is 4.25. The van der Waals surface area contributed by atoms with Crippen molar-refractivity contribution in [3.05, 3.63) is 16.5 Å². The van der Waals surface area contributed by atoms with Gasteiger partial charge in [0, 0.05) is 19.7 Å². The molecule has 0 saturated carbocycles. The van der Waals surface area contributed by atoms with Crippen LogP contribution in [0.25, 0.3) is 0 Å². The largest absolute Gasteiger partial charge is 0.475 e. The summed E-state index contributed by atoms with van der Waals surface area (Å²) >= 11 is 2.85. The average Bonchev–Trinajstić information content (AvgIpc) is 2.79. The Labute approximate surface area is 130 Å². The van der Waals surface area contributed by atoms with Crippen LogP contribution in [0, 0.1) is 0 Å². The van der Waals surface area contributed by atoms with Crippen LogP contribution >= 0.6 is 15.9 Å². The minimum Gasteiger partial charge on any atom is -0.475 e. The maximum Gasteiger partial charge on any atom is 0.371 e. The molecule has 0 saturated heterocycles. The molecule has 21 heavy (non-hydrogen) atoms. The first kappa shape index (κ1) is 17.7. The van der Waals surface area contributed by atoms with E-state index < -0.39 is 33.7 Å². The summed E-state index contributed by atoms with van der Waals surface area (Å²) in [6, 6.07) is -0.120. The van der Waals surface area contributed by atoms with Crippen molar-refractivity contribution in [2.75, 3.05) is 13.6 Å². The second-order valence-corrected chi connectivity index (χ2v) is 6.65. The predicted molar refractivity (Wildman–Crippen MR) is 76.5 cm³/mol. The molecule has 1 heterocycles. The van der Waals surface area contributed by atoms with Crippen molar-refractivity contribution in [3.63, 3.8) is 0 Å². The first-order chi connectivity index (χ1) is 9.60. The molecule has 10 heteroatoms. The molecule has 0 fully saturated rings. The van der Waals surface area contributed by atoms with E-state index in [4.69, 9.17) is 9.52 Å². The molecule has 0 aliphatic carbocycles. The van der Waals surface area contributed by atoms with Gasteiger partial charge in [-0.2, -0.15) is 4.72 Å². The third-order valence-corrected chi connectivity index (χ3v) is 5.11. The van der Waals surface area contributed by atoms with Crippen molar-refractivity contribution >= 4 is 37.8 Å². The van der Waals surface area contributed by atoms with E-state index >= 15 is 0 Å². The van der Waals surface area contributed by atoms with Gasteiger partial charge in [-0.3, -0.25) is 4.79 Å². The van der Waals surface area contributed by atoms with Crippen LogP contribution in [-0.4, -0.2) is 49.9 Å².